The molecule has 1 aromatic carbocycles. The Labute approximate surface area is 186 Å². The quantitative estimate of drug-likeness (QED) is 0.668. The monoisotopic (exact) mass is 465 g/mol. The Balaban J connectivity index is 2.05. The number of hydrogen-bond acceptors (Lipinski definition) is 6. The van der Waals surface area contributed by atoms with Gasteiger partial charge in [-0.25, -0.2) is 9.37 Å². The van der Waals surface area contributed by atoms with Crippen LogP contribution in [-0.2, 0) is 15.8 Å². The Morgan fingerprint density at radius 2 is 2.09 bits per heavy atom. The summed E-state index contributed by atoms with van der Waals surface area (Å²) in [5.74, 6) is -2.98. The first-order chi connectivity index (χ1) is 15.4. The average Bonchev–Trinajstić information content (AvgIpc) is 2.72. The van der Waals surface area contributed by atoms with E-state index in [0.29, 0.717) is 0 Å². The number of anilines is 3. The zero-order valence-electron chi connectivity index (χ0n) is 17.6. The molecule has 12 heteroatoms. The second-order valence-corrected chi connectivity index (χ2v) is 7.45. The summed E-state index contributed by atoms with van der Waals surface area (Å²) >= 11 is 0. The minimum atomic E-state index is -4.81. The molecule has 1 aliphatic rings. The molecule has 1 amide bonds. The van der Waals surface area contributed by atoms with Crippen LogP contribution >= 0.6 is 0 Å². The number of pyridine rings is 1. The summed E-state index contributed by atoms with van der Waals surface area (Å²) in [5.41, 5.74) is -1.94. The molecule has 174 valence electrons. The number of hydrogen-bond donors (Lipinski definition) is 2. The van der Waals surface area contributed by atoms with Gasteiger partial charge in [0, 0.05) is 19.3 Å². The number of nitrogens with zero attached hydrogens (tertiary/aromatic N) is 4. The number of carboxylic acid groups (broad SMARTS) is 1. The molecular weight excluding hydrogens is 446 g/mol. The first-order valence-corrected chi connectivity index (χ1v) is 9.72. The number of amides is 1. The first-order valence-electron chi connectivity index (χ1n) is 9.72. The average molecular weight is 465 g/mol. The highest BCUT2D eigenvalue weighted by Gasteiger charge is 2.37. The number of carbonyl (C=O) groups is 2. The number of carboxylic acids is 1. The largest absolute Gasteiger partial charge is 0.480 e. The lowest BCUT2D eigenvalue weighted by molar-refractivity contribution is -0.138. The van der Waals surface area contributed by atoms with Gasteiger partial charge in [0.25, 0.3) is 0 Å². The first kappa shape index (κ1) is 23.8. The van der Waals surface area contributed by atoms with Crippen LogP contribution < -0.4 is 15.1 Å². The smallest absolute Gasteiger partial charge is 0.417 e. The van der Waals surface area contributed by atoms with Gasteiger partial charge < -0.3 is 20.2 Å². The van der Waals surface area contributed by atoms with Gasteiger partial charge in [-0.1, -0.05) is 6.07 Å². The normalized spacial score (nSPS) is 16.5. The Bertz CT molecular complexity index is 1150. The summed E-state index contributed by atoms with van der Waals surface area (Å²) < 4.78 is 54.9. The third-order valence-corrected chi connectivity index (χ3v) is 5.16. The summed E-state index contributed by atoms with van der Waals surface area (Å²) in [5, 5.41) is 21.2. The fraction of sp³-hybridized carbons (Fsp3) is 0.333. The maximum atomic E-state index is 14.6. The van der Waals surface area contributed by atoms with Crippen LogP contribution in [0.3, 0.4) is 0 Å². The summed E-state index contributed by atoms with van der Waals surface area (Å²) in [4.78, 5) is 30.8. The predicted octanol–water partition coefficient (Wildman–Crippen LogP) is 3.16. The molecular formula is C21H19F4N5O3. The number of aliphatic carboxylic acids is 1. The van der Waals surface area contributed by atoms with Gasteiger partial charge in [0.05, 0.1) is 16.9 Å². The molecule has 1 aliphatic heterocycles. The standard InChI is InChI=1S/C21H19F4N5O3/c1-11-8-13(21(23,24)25)12(9-26)19(27-11)28-15-6-7-30(10-17(31)32)18-14(22)4-3-5-16(18)29(2)20(15)33/h3-5,8,15H,6-7,10H2,1-2H3,(H,27,28)(H,31,32)/t15-/m0/s1. The van der Waals surface area contributed by atoms with Gasteiger partial charge in [0.1, 0.15) is 35.9 Å². The Hall–Kier alpha value is -3.88. The molecule has 2 aromatic rings. The molecule has 0 saturated heterocycles. The molecule has 0 fully saturated rings. The van der Waals surface area contributed by atoms with Gasteiger partial charge in [-0.05, 0) is 31.5 Å². The Morgan fingerprint density at radius 3 is 2.70 bits per heavy atom. The maximum absolute atomic E-state index is 14.6. The number of benzene rings is 1. The SMILES string of the molecule is Cc1cc(C(F)(F)F)c(C#N)c(N[C@H]2CCN(CC(=O)O)c3c(F)cccc3N(C)C2=O)n1. The van der Waals surface area contributed by atoms with Crippen LogP contribution in [-0.4, -0.2) is 48.1 Å². The van der Waals surface area contributed by atoms with Crippen molar-refractivity contribution < 1.29 is 32.3 Å². The van der Waals surface area contributed by atoms with Gasteiger partial charge in [0.2, 0.25) is 5.91 Å². The number of nitriles is 1. The minimum absolute atomic E-state index is 0.0182. The van der Waals surface area contributed by atoms with E-state index in [1.165, 1.54) is 37.1 Å². The molecule has 0 spiro atoms. The molecule has 0 unspecified atom stereocenters. The number of fused-ring (bicyclic) bond motifs is 1. The highest BCUT2D eigenvalue weighted by atomic mass is 19.4. The highest BCUT2D eigenvalue weighted by molar-refractivity contribution is 6.01. The van der Waals surface area contributed by atoms with Gasteiger partial charge in [-0.2, -0.15) is 18.4 Å². The third kappa shape index (κ3) is 4.82. The molecule has 3 rings (SSSR count). The maximum Gasteiger partial charge on any atom is 0.417 e. The number of para-hydroxylation sites is 1. The van der Waals surface area contributed by atoms with Crippen molar-refractivity contribution in [2.24, 2.45) is 0 Å². The van der Waals surface area contributed by atoms with Crippen molar-refractivity contribution in [1.29, 1.82) is 5.26 Å². The Kier molecular flexibility index (Phi) is 6.44. The summed E-state index contributed by atoms with van der Waals surface area (Å²) in [6.45, 7) is 0.658. The van der Waals surface area contributed by atoms with Gasteiger partial charge in [-0.15, -0.1) is 0 Å². The fourth-order valence-corrected chi connectivity index (χ4v) is 3.70. The van der Waals surface area contributed by atoms with Crippen molar-refractivity contribution in [2.75, 3.05) is 35.3 Å². The third-order valence-electron chi connectivity index (χ3n) is 5.16. The fourth-order valence-electron chi connectivity index (χ4n) is 3.70. The molecule has 0 saturated carbocycles. The zero-order valence-corrected chi connectivity index (χ0v) is 17.6. The van der Waals surface area contributed by atoms with Gasteiger partial charge >= 0.3 is 12.1 Å². The summed E-state index contributed by atoms with van der Waals surface area (Å²) in [6, 6.07) is 4.99. The number of likely N-dealkylation sites (N-methyl/N-ethyl adjacent to an activating group) is 1. The van der Waals surface area contributed by atoms with Crippen molar-refractivity contribution in [3.63, 3.8) is 0 Å². The number of rotatable bonds is 4. The van der Waals surface area contributed by atoms with E-state index < -0.39 is 53.4 Å². The van der Waals surface area contributed by atoms with Gasteiger partial charge in [-0.3, -0.25) is 9.59 Å². The topological polar surface area (TPSA) is 110 Å². The predicted molar refractivity (Wildman–Crippen MR) is 110 cm³/mol. The second kappa shape index (κ2) is 8.93. The lowest BCUT2D eigenvalue weighted by Gasteiger charge is -2.35. The number of carbonyl (C=O) groups excluding carboxylic acids is 1. The number of nitrogens with one attached hydrogen (secondary N) is 1. The highest BCUT2D eigenvalue weighted by Crippen LogP contribution is 2.37. The van der Waals surface area contributed by atoms with Crippen molar-refractivity contribution in [3.05, 3.63) is 46.9 Å². The van der Waals surface area contributed by atoms with E-state index >= 15 is 0 Å². The molecule has 33 heavy (non-hydrogen) atoms. The van der Waals surface area contributed by atoms with Crippen LogP contribution in [0.4, 0.5) is 34.8 Å². The molecule has 1 aromatic heterocycles. The number of aromatic nitrogens is 1. The van der Waals surface area contributed by atoms with Crippen LogP contribution in [0.5, 0.6) is 0 Å². The van der Waals surface area contributed by atoms with Crippen LogP contribution in [0.25, 0.3) is 0 Å². The van der Waals surface area contributed by atoms with E-state index in [2.05, 4.69) is 10.3 Å². The van der Waals surface area contributed by atoms with Crippen LogP contribution in [0.15, 0.2) is 24.3 Å². The van der Waals surface area contributed by atoms with E-state index in [1.54, 1.807) is 0 Å². The van der Waals surface area contributed by atoms with Crippen molar-refractivity contribution in [2.45, 2.75) is 25.6 Å². The molecule has 8 nitrogen and oxygen atoms in total. The van der Waals surface area contributed by atoms with Crippen LogP contribution in [0.1, 0.15) is 23.2 Å². The number of aryl methyl sites for hydroxylation is 1. The summed E-state index contributed by atoms with van der Waals surface area (Å²) in [6.07, 6.45) is -4.91. The second-order valence-electron chi connectivity index (χ2n) is 7.45. The van der Waals surface area contributed by atoms with E-state index in [0.717, 1.165) is 17.0 Å². The molecule has 2 N–H and O–H groups in total. The van der Waals surface area contributed by atoms with E-state index in [9.17, 15) is 37.5 Å². The molecule has 2 heterocycles. The van der Waals surface area contributed by atoms with Crippen LogP contribution in [0, 0.1) is 24.1 Å². The van der Waals surface area contributed by atoms with E-state index in [-0.39, 0.29) is 30.0 Å². The van der Waals surface area contributed by atoms with Crippen LogP contribution in [0.2, 0.25) is 0 Å². The number of alkyl halides is 3. The van der Waals surface area contributed by atoms with Gasteiger partial charge in [0.15, 0.2) is 0 Å². The number of halogens is 4. The summed E-state index contributed by atoms with van der Waals surface area (Å²) in [7, 11) is 1.34. The lowest BCUT2D eigenvalue weighted by Crippen LogP contribution is -2.47. The Morgan fingerprint density at radius 1 is 1.39 bits per heavy atom. The molecule has 0 radical (unpaired) electrons. The van der Waals surface area contributed by atoms with E-state index in [1.807, 2.05) is 0 Å². The van der Waals surface area contributed by atoms with E-state index in [4.69, 9.17) is 0 Å². The molecule has 0 bridgehead atoms. The molecule has 1 atom stereocenters. The van der Waals surface area contributed by atoms with Crippen molar-refractivity contribution in [3.8, 4) is 6.07 Å². The molecule has 0 aliphatic carbocycles. The van der Waals surface area contributed by atoms with Crippen molar-refractivity contribution >= 4 is 29.1 Å². The zero-order chi connectivity index (χ0) is 24.5. The minimum Gasteiger partial charge on any atom is -0.480 e. The lowest BCUT2D eigenvalue weighted by atomic mass is 10.0. The van der Waals surface area contributed by atoms with Crippen molar-refractivity contribution in [1.82, 2.24) is 4.98 Å².